The van der Waals surface area contributed by atoms with Crippen molar-refractivity contribution in [2.24, 2.45) is 0 Å². The van der Waals surface area contributed by atoms with Gasteiger partial charge in [-0.1, -0.05) is 84.9 Å². The molecule has 1 atom stereocenters. The Bertz CT molecular complexity index is 2100. The summed E-state index contributed by atoms with van der Waals surface area (Å²) >= 11 is 0. The van der Waals surface area contributed by atoms with E-state index in [4.69, 9.17) is 18.9 Å². The summed E-state index contributed by atoms with van der Waals surface area (Å²) in [6, 6.07) is 40.4. The SMILES string of the molecule is COc1ccc(C2(c3ccc(OC)cc3)C=Cc3c4c(c5cc(OC)ccc5c3O2)-c2ccccc2C4(O)Cc2ccccc2)cc1. The second kappa shape index (κ2) is 11.1. The molecular formula is C42H34O5. The van der Waals surface area contributed by atoms with E-state index in [0.29, 0.717) is 12.2 Å². The zero-order valence-electron chi connectivity index (χ0n) is 26.5. The average molecular weight is 619 g/mol. The highest BCUT2D eigenvalue weighted by Crippen LogP contribution is 2.58. The minimum Gasteiger partial charge on any atom is -0.497 e. The van der Waals surface area contributed by atoms with Gasteiger partial charge in [0.2, 0.25) is 0 Å². The summed E-state index contributed by atoms with van der Waals surface area (Å²) in [5.41, 5.74) is 5.25. The molecule has 1 heterocycles. The number of hydrogen-bond acceptors (Lipinski definition) is 5. The molecule has 2 aliphatic rings. The molecule has 0 bridgehead atoms. The summed E-state index contributed by atoms with van der Waals surface area (Å²) in [5, 5.41) is 14.9. The third-order valence-corrected chi connectivity index (χ3v) is 9.65. The standard InChI is InChI=1S/C42H34O5/c1-44-30-17-13-28(14-18-30)42(29-15-19-31(45-2)20-16-29)24-23-35-39-38(36-25-32(46-3)21-22-33(36)40(35)47-42)34-11-7-8-12-37(34)41(39,43)26-27-9-5-4-6-10-27/h4-25,43H,26H2,1-3H3. The van der Waals surface area contributed by atoms with Crippen LogP contribution < -0.4 is 18.9 Å². The zero-order chi connectivity index (χ0) is 32.2. The minimum atomic E-state index is -1.30. The Hall–Kier alpha value is -5.52. The molecule has 6 aromatic rings. The first kappa shape index (κ1) is 28.9. The fourth-order valence-electron chi connectivity index (χ4n) is 7.38. The fourth-order valence-corrected chi connectivity index (χ4v) is 7.38. The maximum atomic E-state index is 13.0. The Morgan fingerprint density at radius 2 is 1.23 bits per heavy atom. The monoisotopic (exact) mass is 618 g/mol. The van der Waals surface area contributed by atoms with Crippen molar-refractivity contribution in [1.29, 1.82) is 0 Å². The van der Waals surface area contributed by atoms with Gasteiger partial charge in [0.1, 0.15) is 28.6 Å². The van der Waals surface area contributed by atoms with Crippen molar-refractivity contribution >= 4 is 16.8 Å². The predicted octanol–water partition coefficient (Wildman–Crippen LogP) is 8.67. The fraction of sp³-hybridized carbons (Fsp3) is 0.143. The highest BCUT2D eigenvalue weighted by atomic mass is 16.5. The molecule has 0 fully saturated rings. The van der Waals surface area contributed by atoms with Gasteiger partial charge in [0.05, 0.1) is 21.3 Å². The Kier molecular flexibility index (Phi) is 6.81. The van der Waals surface area contributed by atoms with Gasteiger partial charge in [-0.2, -0.15) is 0 Å². The largest absolute Gasteiger partial charge is 0.497 e. The van der Waals surface area contributed by atoms with Crippen LogP contribution in [-0.4, -0.2) is 26.4 Å². The molecule has 0 saturated carbocycles. The Morgan fingerprint density at radius 1 is 0.638 bits per heavy atom. The van der Waals surface area contributed by atoms with Crippen LogP contribution in [0.2, 0.25) is 0 Å². The van der Waals surface area contributed by atoms with E-state index in [1.165, 1.54) is 0 Å². The highest BCUT2D eigenvalue weighted by Gasteiger charge is 2.47. The number of methoxy groups -OCH3 is 3. The normalized spacial score (nSPS) is 16.9. The van der Waals surface area contributed by atoms with Gasteiger partial charge < -0.3 is 24.1 Å². The Morgan fingerprint density at radius 3 is 1.87 bits per heavy atom. The van der Waals surface area contributed by atoms with Gasteiger partial charge in [-0.15, -0.1) is 0 Å². The van der Waals surface area contributed by atoms with E-state index in [1.54, 1.807) is 21.3 Å². The number of aliphatic hydroxyl groups is 1. The van der Waals surface area contributed by atoms with E-state index >= 15 is 0 Å². The summed E-state index contributed by atoms with van der Waals surface area (Å²) in [6.07, 6.45) is 4.66. The quantitative estimate of drug-likeness (QED) is 0.194. The molecule has 47 heavy (non-hydrogen) atoms. The molecule has 1 N–H and O–H groups in total. The van der Waals surface area contributed by atoms with E-state index in [0.717, 1.165) is 72.5 Å². The highest BCUT2D eigenvalue weighted by molar-refractivity contribution is 6.08. The van der Waals surface area contributed by atoms with E-state index in [2.05, 4.69) is 42.5 Å². The lowest BCUT2D eigenvalue weighted by molar-refractivity contribution is 0.0847. The summed E-state index contributed by atoms with van der Waals surface area (Å²) < 4.78 is 24.1. The van der Waals surface area contributed by atoms with Crippen LogP contribution in [0, 0.1) is 0 Å². The van der Waals surface area contributed by atoms with Crippen LogP contribution in [0.5, 0.6) is 23.0 Å². The van der Waals surface area contributed by atoms with Crippen molar-refractivity contribution in [1.82, 2.24) is 0 Å². The van der Waals surface area contributed by atoms with Crippen LogP contribution in [0.3, 0.4) is 0 Å². The number of ether oxygens (including phenoxy) is 4. The van der Waals surface area contributed by atoms with Crippen molar-refractivity contribution in [3.63, 3.8) is 0 Å². The molecule has 5 nitrogen and oxygen atoms in total. The third kappa shape index (κ3) is 4.42. The van der Waals surface area contributed by atoms with Gasteiger partial charge in [-0.05, 0) is 76.2 Å². The summed E-state index contributed by atoms with van der Waals surface area (Å²) in [7, 11) is 5.01. The molecule has 0 spiro atoms. The van der Waals surface area contributed by atoms with Crippen molar-refractivity contribution in [3.8, 4) is 34.1 Å². The van der Waals surface area contributed by atoms with Crippen LogP contribution in [0.1, 0.15) is 33.4 Å². The first-order valence-electron chi connectivity index (χ1n) is 15.7. The van der Waals surface area contributed by atoms with Gasteiger partial charge in [0.15, 0.2) is 5.60 Å². The average Bonchev–Trinajstić information content (AvgIpc) is 3.39. The second-order valence-corrected chi connectivity index (χ2v) is 12.1. The third-order valence-electron chi connectivity index (χ3n) is 9.65. The second-order valence-electron chi connectivity index (χ2n) is 12.1. The number of rotatable bonds is 7. The van der Waals surface area contributed by atoms with Gasteiger partial charge in [0, 0.05) is 34.1 Å². The molecular weight excluding hydrogens is 584 g/mol. The molecule has 1 aliphatic carbocycles. The lowest BCUT2D eigenvalue weighted by Crippen LogP contribution is -2.35. The summed E-state index contributed by atoms with van der Waals surface area (Å²) in [6.45, 7) is 0. The van der Waals surface area contributed by atoms with Crippen molar-refractivity contribution in [3.05, 3.63) is 161 Å². The van der Waals surface area contributed by atoms with Gasteiger partial charge >= 0.3 is 0 Å². The van der Waals surface area contributed by atoms with E-state index in [1.807, 2.05) is 91.0 Å². The lowest BCUT2D eigenvalue weighted by atomic mass is 9.78. The van der Waals surface area contributed by atoms with Crippen LogP contribution in [0.4, 0.5) is 0 Å². The van der Waals surface area contributed by atoms with E-state index in [-0.39, 0.29) is 0 Å². The maximum absolute atomic E-state index is 13.0. The van der Waals surface area contributed by atoms with Crippen molar-refractivity contribution in [2.45, 2.75) is 17.6 Å². The maximum Gasteiger partial charge on any atom is 0.178 e. The van der Waals surface area contributed by atoms with Crippen LogP contribution in [0.25, 0.3) is 28.0 Å². The smallest absolute Gasteiger partial charge is 0.178 e. The Balaban J connectivity index is 1.43. The Labute approximate surface area is 274 Å². The molecule has 1 aliphatic heterocycles. The molecule has 6 aromatic carbocycles. The molecule has 232 valence electrons. The number of benzene rings is 6. The predicted molar refractivity (Wildman–Crippen MR) is 186 cm³/mol. The zero-order valence-corrected chi connectivity index (χ0v) is 26.5. The molecule has 0 saturated heterocycles. The first-order chi connectivity index (χ1) is 23.0. The van der Waals surface area contributed by atoms with Gasteiger partial charge in [0.25, 0.3) is 0 Å². The molecule has 0 radical (unpaired) electrons. The summed E-state index contributed by atoms with van der Waals surface area (Å²) in [5.74, 6) is 2.96. The van der Waals surface area contributed by atoms with Gasteiger partial charge in [-0.25, -0.2) is 0 Å². The summed E-state index contributed by atoms with van der Waals surface area (Å²) in [4.78, 5) is 0. The molecule has 8 rings (SSSR count). The van der Waals surface area contributed by atoms with Crippen LogP contribution >= 0.6 is 0 Å². The molecule has 0 amide bonds. The molecule has 5 heteroatoms. The van der Waals surface area contributed by atoms with Crippen LogP contribution in [-0.2, 0) is 17.6 Å². The first-order valence-corrected chi connectivity index (χ1v) is 15.7. The van der Waals surface area contributed by atoms with Crippen LogP contribution in [0.15, 0.2) is 127 Å². The lowest BCUT2D eigenvalue weighted by Gasteiger charge is -2.38. The van der Waals surface area contributed by atoms with E-state index in [9.17, 15) is 5.11 Å². The minimum absolute atomic E-state index is 0.412. The number of fused-ring (bicyclic) bond motifs is 8. The van der Waals surface area contributed by atoms with Gasteiger partial charge in [-0.3, -0.25) is 0 Å². The molecule has 0 aromatic heterocycles. The van der Waals surface area contributed by atoms with Crippen molar-refractivity contribution in [2.75, 3.05) is 21.3 Å². The molecule has 1 unspecified atom stereocenters. The topological polar surface area (TPSA) is 57.2 Å². The number of hydrogen-bond donors (Lipinski definition) is 1. The van der Waals surface area contributed by atoms with E-state index < -0.39 is 11.2 Å². The van der Waals surface area contributed by atoms with Crippen molar-refractivity contribution < 1.29 is 24.1 Å².